The molecule has 0 bridgehead atoms. The summed E-state index contributed by atoms with van der Waals surface area (Å²) in [5, 5.41) is 7.26. The van der Waals surface area contributed by atoms with Crippen molar-refractivity contribution < 1.29 is 13.9 Å². The van der Waals surface area contributed by atoms with E-state index in [0.29, 0.717) is 31.5 Å². The SMILES string of the molecule is CCCNC(=O)CN(C)Cn1nc(-c2ccccc2OCC)oc1=S. The van der Waals surface area contributed by atoms with E-state index in [1.54, 1.807) is 4.68 Å². The average molecular weight is 364 g/mol. The number of nitrogens with zero attached hydrogens (tertiary/aromatic N) is 3. The maximum Gasteiger partial charge on any atom is 0.288 e. The van der Waals surface area contributed by atoms with E-state index in [2.05, 4.69) is 10.4 Å². The number of hydrogen-bond donors (Lipinski definition) is 1. The van der Waals surface area contributed by atoms with Crippen LogP contribution in [0.15, 0.2) is 28.7 Å². The van der Waals surface area contributed by atoms with E-state index in [1.165, 1.54) is 0 Å². The Balaban J connectivity index is 2.10. The van der Waals surface area contributed by atoms with Gasteiger partial charge in [0.25, 0.3) is 10.7 Å². The van der Waals surface area contributed by atoms with Gasteiger partial charge < -0.3 is 14.5 Å². The molecule has 1 amide bonds. The molecule has 8 heteroatoms. The number of carbonyl (C=O) groups excluding carboxylic acids is 1. The van der Waals surface area contributed by atoms with Crippen molar-refractivity contribution in [1.82, 2.24) is 20.0 Å². The molecule has 1 heterocycles. The number of likely N-dealkylation sites (N-methyl/N-ethyl adjacent to an activating group) is 1. The average Bonchev–Trinajstić information content (AvgIpc) is 2.94. The predicted molar refractivity (Wildman–Crippen MR) is 97.9 cm³/mol. The van der Waals surface area contributed by atoms with E-state index in [4.69, 9.17) is 21.4 Å². The molecule has 7 nitrogen and oxygen atoms in total. The highest BCUT2D eigenvalue weighted by Crippen LogP contribution is 2.28. The van der Waals surface area contributed by atoms with E-state index >= 15 is 0 Å². The van der Waals surface area contributed by atoms with Gasteiger partial charge in [0.05, 0.1) is 25.4 Å². The summed E-state index contributed by atoms with van der Waals surface area (Å²) in [6.07, 6.45) is 0.909. The van der Waals surface area contributed by atoms with E-state index in [9.17, 15) is 4.79 Å². The zero-order valence-corrected chi connectivity index (χ0v) is 15.6. The Kier molecular flexibility index (Phi) is 7.15. The summed E-state index contributed by atoms with van der Waals surface area (Å²) in [4.78, 5) is 13.9. The van der Waals surface area contributed by atoms with E-state index in [0.717, 1.165) is 12.0 Å². The van der Waals surface area contributed by atoms with Crippen LogP contribution >= 0.6 is 12.2 Å². The Hall–Kier alpha value is -2.19. The van der Waals surface area contributed by atoms with Crippen molar-refractivity contribution in [3.05, 3.63) is 29.1 Å². The minimum absolute atomic E-state index is 0.0266. The second-order valence-corrected chi connectivity index (χ2v) is 5.96. The van der Waals surface area contributed by atoms with Crippen LogP contribution in [0.3, 0.4) is 0 Å². The van der Waals surface area contributed by atoms with Gasteiger partial charge in [0, 0.05) is 6.54 Å². The molecule has 25 heavy (non-hydrogen) atoms. The van der Waals surface area contributed by atoms with Crippen LogP contribution in [-0.4, -0.2) is 47.3 Å². The molecule has 1 aromatic carbocycles. The topological polar surface area (TPSA) is 72.5 Å². The van der Waals surface area contributed by atoms with Crippen molar-refractivity contribution >= 4 is 18.1 Å². The molecule has 0 atom stereocenters. The van der Waals surface area contributed by atoms with Crippen LogP contribution in [0.2, 0.25) is 0 Å². The van der Waals surface area contributed by atoms with Crippen LogP contribution in [0.4, 0.5) is 0 Å². The van der Waals surface area contributed by atoms with Gasteiger partial charge in [0.1, 0.15) is 5.75 Å². The second-order valence-electron chi connectivity index (χ2n) is 5.61. The summed E-state index contributed by atoms with van der Waals surface area (Å²) in [6, 6.07) is 7.51. The smallest absolute Gasteiger partial charge is 0.288 e. The molecule has 2 rings (SSSR count). The third kappa shape index (κ3) is 5.40. The Labute approximate surface area is 152 Å². The maximum atomic E-state index is 11.8. The molecule has 0 spiro atoms. The van der Waals surface area contributed by atoms with Crippen LogP contribution in [0.25, 0.3) is 11.5 Å². The Morgan fingerprint density at radius 3 is 2.88 bits per heavy atom. The maximum absolute atomic E-state index is 11.8. The summed E-state index contributed by atoms with van der Waals surface area (Å²) in [5.41, 5.74) is 0.748. The Morgan fingerprint density at radius 1 is 1.40 bits per heavy atom. The molecule has 1 N–H and O–H groups in total. The van der Waals surface area contributed by atoms with Crippen LogP contribution in [0.1, 0.15) is 20.3 Å². The summed E-state index contributed by atoms with van der Waals surface area (Å²) in [5.74, 6) is 1.07. The number of aromatic nitrogens is 2. The van der Waals surface area contributed by atoms with E-state index < -0.39 is 0 Å². The molecule has 0 unspecified atom stereocenters. The van der Waals surface area contributed by atoms with Crippen LogP contribution in [-0.2, 0) is 11.5 Å². The fraction of sp³-hybridized carbons (Fsp3) is 0.471. The number of nitrogens with one attached hydrogen (secondary N) is 1. The fourth-order valence-corrected chi connectivity index (χ4v) is 2.45. The van der Waals surface area contributed by atoms with Gasteiger partial charge in [0.2, 0.25) is 5.91 Å². The molecule has 0 aliphatic carbocycles. The predicted octanol–water partition coefficient (Wildman–Crippen LogP) is 2.69. The lowest BCUT2D eigenvalue weighted by atomic mass is 10.2. The number of benzene rings is 1. The number of rotatable bonds is 9. The molecule has 2 aromatic rings. The molecule has 0 fully saturated rings. The van der Waals surface area contributed by atoms with Crippen molar-refractivity contribution in [3.63, 3.8) is 0 Å². The van der Waals surface area contributed by atoms with Gasteiger partial charge in [-0.05, 0) is 44.7 Å². The van der Waals surface area contributed by atoms with E-state index in [1.807, 2.05) is 50.1 Å². The zero-order chi connectivity index (χ0) is 18.2. The van der Waals surface area contributed by atoms with Crippen molar-refractivity contribution in [3.8, 4) is 17.2 Å². The second kappa shape index (κ2) is 9.33. The van der Waals surface area contributed by atoms with Crippen molar-refractivity contribution in [2.75, 3.05) is 26.7 Å². The van der Waals surface area contributed by atoms with Crippen molar-refractivity contribution in [2.45, 2.75) is 26.9 Å². The van der Waals surface area contributed by atoms with Crippen molar-refractivity contribution in [2.24, 2.45) is 0 Å². The monoisotopic (exact) mass is 364 g/mol. The van der Waals surface area contributed by atoms with Gasteiger partial charge >= 0.3 is 0 Å². The summed E-state index contributed by atoms with van der Waals surface area (Å²) in [6.45, 7) is 5.78. The minimum Gasteiger partial charge on any atom is -0.493 e. The molecule has 0 aliphatic heterocycles. The van der Waals surface area contributed by atoms with Gasteiger partial charge in [-0.1, -0.05) is 19.1 Å². The first-order valence-electron chi connectivity index (χ1n) is 8.30. The number of para-hydroxylation sites is 1. The van der Waals surface area contributed by atoms with Gasteiger partial charge in [0.15, 0.2) is 0 Å². The molecular formula is C17H24N4O3S. The molecule has 0 radical (unpaired) electrons. The summed E-state index contributed by atoms with van der Waals surface area (Å²) >= 11 is 5.25. The third-order valence-corrected chi connectivity index (χ3v) is 3.68. The lowest BCUT2D eigenvalue weighted by Crippen LogP contribution is -2.36. The molecule has 1 aromatic heterocycles. The van der Waals surface area contributed by atoms with Gasteiger partial charge in [-0.15, -0.1) is 5.10 Å². The number of ether oxygens (including phenoxy) is 1. The van der Waals surface area contributed by atoms with Crippen LogP contribution in [0, 0.1) is 4.84 Å². The largest absolute Gasteiger partial charge is 0.493 e. The third-order valence-electron chi connectivity index (χ3n) is 3.38. The summed E-state index contributed by atoms with van der Waals surface area (Å²) < 4.78 is 12.8. The summed E-state index contributed by atoms with van der Waals surface area (Å²) in [7, 11) is 1.83. The molecular weight excluding hydrogens is 340 g/mol. The lowest BCUT2D eigenvalue weighted by molar-refractivity contribution is -0.122. The highest BCUT2D eigenvalue weighted by Gasteiger charge is 2.15. The van der Waals surface area contributed by atoms with Gasteiger partial charge in [-0.25, -0.2) is 4.68 Å². The first-order chi connectivity index (χ1) is 12.0. The van der Waals surface area contributed by atoms with Gasteiger partial charge in [-0.2, -0.15) is 0 Å². The molecule has 0 aliphatic rings. The Morgan fingerprint density at radius 2 is 2.16 bits per heavy atom. The standard InChI is InChI=1S/C17H24N4O3S/c1-4-10-18-15(22)11-20(3)12-21-17(25)24-16(19-21)13-8-6-7-9-14(13)23-5-2/h6-9H,4-5,10-12H2,1-3H3,(H,18,22). The lowest BCUT2D eigenvalue weighted by Gasteiger charge is -2.15. The minimum atomic E-state index is -0.0266. The molecule has 0 saturated heterocycles. The number of carbonyl (C=O) groups is 1. The van der Waals surface area contributed by atoms with E-state index in [-0.39, 0.29) is 17.3 Å². The van der Waals surface area contributed by atoms with Crippen LogP contribution < -0.4 is 10.1 Å². The Bertz CT molecular complexity index is 756. The van der Waals surface area contributed by atoms with Crippen molar-refractivity contribution in [1.29, 1.82) is 0 Å². The fourth-order valence-electron chi connectivity index (χ4n) is 2.27. The number of amides is 1. The zero-order valence-electron chi connectivity index (χ0n) is 14.8. The van der Waals surface area contributed by atoms with Crippen LogP contribution in [0.5, 0.6) is 5.75 Å². The normalized spacial score (nSPS) is 10.9. The van der Waals surface area contributed by atoms with Gasteiger partial charge in [-0.3, -0.25) is 9.69 Å². The highest BCUT2D eigenvalue weighted by atomic mass is 32.1. The number of hydrogen-bond acceptors (Lipinski definition) is 6. The molecule has 136 valence electrons. The highest BCUT2D eigenvalue weighted by molar-refractivity contribution is 7.71. The first kappa shape index (κ1) is 19.1. The first-order valence-corrected chi connectivity index (χ1v) is 8.71. The molecule has 0 saturated carbocycles. The quantitative estimate of drug-likeness (QED) is 0.690.